The van der Waals surface area contributed by atoms with Gasteiger partial charge in [-0.2, -0.15) is 24.3 Å². The summed E-state index contributed by atoms with van der Waals surface area (Å²) in [6.45, 7) is 5.18. The Morgan fingerprint density at radius 2 is 1.66 bits per heavy atom. The van der Waals surface area contributed by atoms with E-state index in [0.717, 1.165) is 11.1 Å². The minimum Gasteiger partial charge on any atom is -0.664 e. The molecule has 7 nitrogen and oxygen atoms in total. The molecule has 3 amide bonds. The Labute approximate surface area is 197 Å². The van der Waals surface area contributed by atoms with Gasteiger partial charge in [-0.1, -0.05) is 37.3 Å². The quantitative estimate of drug-likeness (QED) is 0.504. The van der Waals surface area contributed by atoms with Gasteiger partial charge in [-0.3, -0.25) is 0 Å². The smallest absolute Gasteiger partial charge is 0.327 e. The predicted molar refractivity (Wildman–Crippen MR) is 109 cm³/mol. The summed E-state index contributed by atoms with van der Waals surface area (Å²) in [5, 5.41) is 2.17. The molecule has 3 N–H and O–H groups in total. The number of amides is 3. The van der Waals surface area contributed by atoms with Crippen molar-refractivity contribution in [2.24, 2.45) is 0 Å². The molecule has 0 saturated carbocycles. The molecule has 0 aliphatic rings. The zero-order valence-electron chi connectivity index (χ0n) is 16.7. The molecule has 0 aliphatic heterocycles. The van der Waals surface area contributed by atoms with Crippen LogP contribution in [0.2, 0.25) is 0 Å². The van der Waals surface area contributed by atoms with E-state index in [-0.39, 0.29) is 37.6 Å². The first-order chi connectivity index (χ1) is 13.1. The Balaban J connectivity index is 0.000000527. The number of benzene rings is 2. The zero-order chi connectivity index (χ0) is 21.3. The van der Waals surface area contributed by atoms with Crippen LogP contribution in [0.15, 0.2) is 59.0 Å². The molecule has 0 bridgehead atoms. The molecular weight excluding hydrogens is 467 g/mol. The number of aryl methyl sites for hydroxylation is 1. The SMILES string of the molecule is C/C(C([NH-])=O)=C(/C)c1ccccc1.CNC(=O)NS(=O)(=O)c1c[c-]ccc1C.[Y]. The van der Waals surface area contributed by atoms with Crippen LogP contribution in [0.4, 0.5) is 4.79 Å². The third-order valence-corrected chi connectivity index (χ3v) is 5.36. The Bertz CT molecular complexity index is 974. The van der Waals surface area contributed by atoms with E-state index < -0.39 is 22.0 Å². The summed E-state index contributed by atoms with van der Waals surface area (Å²) in [4.78, 5) is 21.7. The summed E-state index contributed by atoms with van der Waals surface area (Å²) in [6, 6.07) is 16.0. The van der Waals surface area contributed by atoms with Gasteiger partial charge in [-0.05, 0) is 35.5 Å². The molecule has 0 heterocycles. The zero-order valence-corrected chi connectivity index (χ0v) is 20.4. The Kier molecular flexibility index (Phi) is 11.6. The van der Waals surface area contributed by atoms with E-state index in [9.17, 15) is 18.0 Å². The molecule has 2 aromatic rings. The minimum absolute atomic E-state index is 0. The summed E-state index contributed by atoms with van der Waals surface area (Å²) in [7, 11) is -2.45. The summed E-state index contributed by atoms with van der Waals surface area (Å²) < 4.78 is 25.1. The second-order valence-corrected chi connectivity index (χ2v) is 7.47. The molecule has 9 heteroatoms. The fourth-order valence-corrected chi connectivity index (χ4v) is 3.26. The van der Waals surface area contributed by atoms with Crippen molar-refractivity contribution in [2.45, 2.75) is 25.7 Å². The van der Waals surface area contributed by atoms with Crippen LogP contribution >= 0.6 is 0 Å². The number of carbonyl (C=O) groups is 2. The van der Waals surface area contributed by atoms with Gasteiger partial charge in [0.1, 0.15) is 0 Å². The van der Waals surface area contributed by atoms with Crippen molar-refractivity contribution in [3.05, 3.63) is 77.0 Å². The van der Waals surface area contributed by atoms with Gasteiger partial charge >= 0.3 is 6.03 Å². The third-order valence-electron chi connectivity index (χ3n) is 3.89. The first-order valence-corrected chi connectivity index (χ1v) is 9.78. The predicted octanol–water partition coefficient (Wildman–Crippen LogP) is 3.47. The van der Waals surface area contributed by atoms with Gasteiger partial charge in [0.05, 0.1) is 5.91 Å². The summed E-state index contributed by atoms with van der Waals surface area (Å²) in [5.41, 5.74) is 9.91. The molecule has 0 unspecified atom stereocenters. The topological polar surface area (TPSA) is 116 Å². The number of hydrogen-bond donors (Lipinski definition) is 2. The monoisotopic (exact) mass is 490 g/mol. The maximum absolute atomic E-state index is 11.6. The minimum atomic E-state index is -3.80. The van der Waals surface area contributed by atoms with Gasteiger partial charge in [-0.15, -0.1) is 5.56 Å². The van der Waals surface area contributed by atoms with Crippen LogP contribution < -0.4 is 10.0 Å². The average Bonchev–Trinajstić information content (AvgIpc) is 2.67. The van der Waals surface area contributed by atoms with Crippen molar-refractivity contribution >= 4 is 27.5 Å². The molecule has 29 heavy (non-hydrogen) atoms. The standard InChI is InChI=1S/C11H13NO.C9H11N2O3S.Y/c1-8(9(2)11(12)13)10-6-4-3-5-7-10;1-7-5-3-4-6-8(7)15(13,14)11-9(12)10-2;/h3-7H,1-2H3,(H2,12,13);3,5-6H,1-2H3,(H2,10,11,12);/q;-1;/p-1/b9-8+;;. The van der Waals surface area contributed by atoms with E-state index in [2.05, 4.69) is 11.4 Å². The second-order valence-electron chi connectivity index (χ2n) is 5.82. The first-order valence-electron chi connectivity index (χ1n) is 8.30. The average molecular weight is 490 g/mol. The molecule has 0 spiro atoms. The van der Waals surface area contributed by atoms with Crippen LogP contribution in [0.3, 0.4) is 0 Å². The molecular formula is C20H23N3O4SY-2. The molecule has 2 aromatic carbocycles. The van der Waals surface area contributed by atoms with Gasteiger partial charge in [0.25, 0.3) is 0 Å². The molecule has 0 saturated heterocycles. The van der Waals surface area contributed by atoms with E-state index in [0.29, 0.717) is 11.1 Å². The number of urea groups is 1. The molecule has 0 fully saturated rings. The maximum Gasteiger partial charge on any atom is 0.327 e. The second kappa shape index (κ2) is 12.5. The maximum atomic E-state index is 11.6. The van der Waals surface area contributed by atoms with Crippen LogP contribution in [0.1, 0.15) is 25.0 Å². The van der Waals surface area contributed by atoms with Gasteiger partial charge in [0.2, 0.25) is 10.0 Å². The number of rotatable bonds is 4. The van der Waals surface area contributed by atoms with Gasteiger partial charge in [-0.25, -0.2) is 17.9 Å². The number of hydrogen-bond acceptors (Lipinski definition) is 4. The van der Waals surface area contributed by atoms with Crippen molar-refractivity contribution in [1.82, 2.24) is 10.0 Å². The molecule has 153 valence electrons. The van der Waals surface area contributed by atoms with Crippen LogP contribution in [0, 0.1) is 13.0 Å². The normalized spacial score (nSPS) is 11.0. The number of sulfonamides is 1. The van der Waals surface area contributed by atoms with Crippen molar-refractivity contribution in [3.8, 4) is 0 Å². The van der Waals surface area contributed by atoms with E-state index in [4.69, 9.17) is 5.73 Å². The molecule has 0 aromatic heterocycles. The molecule has 1 radical (unpaired) electrons. The van der Waals surface area contributed by atoms with E-state index in [1.807, 2.05) is 42.0 Å². The summed E-state index contributed by atoms with van der Waals surface area (Å²) >= 11 is 0. The third kappa shape index (κ3) is 8.47. The van der Waals surface area contributed by atoms with Crippen LogP contribution in [0.25, 0.3) is 11.3 Å². The van der Waals surface area contributed by atoms with Gasteiger partial charge < -0.3 is 15.8 Å². The Morgan fingerprint density at radius 1 is 1.07 bits per heavy atom. The van der Waals surface area contributed by atoms with Crippen LogP contribution in [-0.2, 0) is 47.5 Å². The van der Waals surface area contributed by atoms with E-state index in [1.165, 1.54) is 13.1 Å². The fourth-order valence-electron chi connectivity index (χ4n) is 2.09. The van der Waals surface area contributed by atoms with Crippen molar-refractivity contribution in [1.29, 1.82) is 0 Å². The Morgan fingerprint density at radius 3 is 2.14 bits per heavy atom. The van der Waals surface area contributed by atoms with E-state index >= 15 is 0 Å². The molecule has 0 atom stereocenters. The number of allylic oxidation sites excluding steroid dienone is 1. The summed E-state index contributed by atoms with van der Waals surface area (Å²) in [5.74, 6) is -0.610. The van der Waals surface area contributed by atoms with Gasteiger partial charge in [0.15, 0.2) is 0 Å². The first kappa shape index (κ1) is 27.0. The van der Waals surface area contributed by atoms with Crippen LogP contribution in [-0.4, -0.2) is 27.4 Å². The molecule has 2 rings (SSSR count). The largest absolute Gasteiger partial charge is 0.664 e. The van der Waals surface area contributed by atoms with Crippen LogP contribution in [0.5, 0.6) is 0 Å². The van der Waals surface area contributed by atoms with E-state index in [1.54, 1.807) is 26.0 Å². The van der Waals surface area contributed by atoms with Crippen molar-refractivity contribution < 1.29 is 50.7 Å². The fraction of sp³-hybridized carbons (Fsp3) is 0.200. The van der Waals surface area contributed by atoms with Crippen molar-refractivity contribution in [3.63, 3.8) is 0 Å². The number of carbonyl (C=O) groups excluding carboxylic acids is 2. The summed E-state index contributed by atoms with van der Waals surface area (Å²) in [6.07, 6.45) is 0. The number of nitrogens with one attached hydrogen (secondary N) is 3. The molecule has 0 aliphatic carbocycles. The van der Waals surface area contributed by atoms with Gasteiger partial charge in [0, 0.05) is 39.8 Å². The van der Waals surface area contributed by atoms with Crippen molar-refractivity contribution in [2.75, 3.05) is 7.05 Å². The Hall–Kier alpha value is -2.03.